The zero-order chi connectivity index (χ0) is 28.6. The van der Waals surface area contributed by atoms with E-state index in [0.29, 0.717) is 17.2 Å². The van der Waals surface area contributed by atoms with E-state index in [4.69, 9.17) is 30.9 Å². The average Bonchev–Trinajstić information content (AvgIpc) is 2.93. The van der Waals surface area contributed by atoms with Crippen molar-refractivity contribution in [2.24, 2.45) is 0 Å². The normalized spacial score (nSPS) is 13.7. The lowest BCUT2D eigenvalue weighted by Crippen LogP contribution is -2.25. The Hall–Kier alpha value is -0.970. The maximum absolute atomic E-state index is 11.7. The van der Waals surface area contributed by atoms with Gasteiger partial charge in [0.05, 0.1) is 30.4 Å². The molecule has 9 heteroatoms. The summed E-state index contributed by atoms with van der Waals surface area (Å²) >= 11 is 6.09. The molecule has 0 saturated carbocycles. The van der Waals surface area contributed by atoms with Gasteiger partial charge in [-0.2, -0.15) is 5.26 Å². The van der Waals surface area contributed by atoms with Gasteiger partial charge in [-0.05, 0) is 24.1 Å². The number of benzene rings is 1. The van der Waals surface area contributed by atoms with Crippen LogP contribution in [0.5, 0.6) is 0 Å². The fourth-order valence-corrected chi connectivity index (χ4v) is 5.00. The van der Waals surface area contributed by atoms with Gasteiger partial charge < -0.3 is 14.4 Å². The predicted octanol–water partition coefficient (Wildman–Crippen LogP) is 9.14. The molecular formula is C30H51ClNO6P. The lowest BCUT2D eigenvalue weighted by Gasteiger charge is -2.19. The van der Waals surface area contributed by atoms with Crippen molar-refractivity contribution < 1.29 is 28.0 Å². The Morgan fingerprint density at radius 1 is 0.897 bits per heavy atom. The first-order valence-corrected chi connectivity index (χ1v) is 16.7. The van der Waals surface area contributed by atoms with E-state index in [9.17, 15) is 9.46 Å². The van der Waals surface area contributed by atoms with Crippen molar-refractivity contribution >= 4 is 19.4 Å². The van der Waals surface area contributed by atoms with Crippen LogP contribution < -0.4 is 0 Å². The van der Waals surface area contributed by atoms with Crippen molar-refractivity contribution in [3.8, 4) is 6.07 Å². The van der Waals surface area contributed by atoms with Crippen LogP contribution in [-0.2, 0) is 29.7 Å². The number of nitrogens with zero attached hydrogens (tertiary/aromatic N) is 1. The van der Waals surface area contributed by atoms with Gasteiger partial charge in [-0.25, -0.2) is 4.57 Å². The molecule has 1 unspecified atom stereocenters. The summed E-state index contributed by atoms with van der Waals surface area (Å²) < 4.78 is 32.8. The van der Waals surface area contributed by atoms with E-state index in [-0.39, 0.29) is 19.8 Å². The molecule has 0 fully saturated rings. The number of phosphoric acid groups is 1. The van der Waals surface area contributed by atoms with Gasteiger partial charge in [-0.3, -0.25) is 9.05 Å². The Bertz CT molecular complexity index is 834. The van der Waals surface area contributed by atoms with Crippen molar-refractivity contribution in [3.63, 3.8) is 0 Å². The monoisotopic (exact) mass is 587 g/mol. The highest BCUT2D eigenvalue weighted by atomic mass is 35.5. The molecule has 1 N–H and O–H groups in total. The minimum absolute atomic E-state index is 0.148. The van der Waals surface area contributed by atoms with E-state index in [1.54, 1.807) is 18.2 Å². The number of unbranched alkanes of at least 4 members (excludes halogenated alkanes) is 15. The standard InChI is InChI=1S/C30H51ClNO6P/c1-3-4-5-6-7-8-9-10-11-12-13-14-15-16-17-18-21-36-25-29(26-38-39(33,34)35-2)37-24-27-19-20-28(23-32)30(31)22-27/h19-20,22,29H,3-18,21,24-26H2,1-2H3,(H,33,34)/t29-/m1/s1. The molecule has 0 spiro atoms. The third kappa shape index (κ3) is 19.7. The fraction of sp³-hybridized carbons (Fsp3) is 0.767. The first-order valence-electron chi connectivity index (χ1n) is 14.8. The minimum atomic E-state index is -4.11. The zero-order valence-electron chi connectivity index (χ0n) is 24.2. The molecule has 0 amide bonds. The summed E-state index contributed by atoms with van der Waals surface area (Å²) in [6.07, 6.45) is 20.6. The summed E-state index contributed by atoms with van der Waals surface area (Å²) in [4.78, 5) is 9.55. The lowest BCUT2D eigenvalue weighted by molar-refractivity contribution is -0.0499. The summed E-state index contributed by atoms with van der Waals surface area (Å²) in [6, 6.07) is 7.08. The van der Waals surface area contributed by atoms with Gasteiger partial charge in [0.15, 0.2) is 0 Å². The Morgan fingerprint density at radius 2 is 1.44 bits per heavy atom. The molecule has 0 saturated heterocycles. The first-order chi connectivity index (χ1) is 18.9. The maximum atomic E-state index is 11.7. The van der Waals surface area contributed by atoms with E-state index >= 15 is 0 Å². The van der Waals surface area contributed by atoms with Gasteiger partial charge in [-0.1, -0.05) is 121 Å². The van der Waals surface area contributed by atoms with Crippen molar-refractivity contribution in [3.05, 3.63) is 34.3 Å². The van der Waals surface area contributed by atoms with Crippen LogP contribution in [0.25, 0.3) is 0 Å². The molecule has 0 radical (unpaired) electrons. The third-order valence-electron chi connectivity index (χ3n) is 6.74. The molecule has 39 heavy (non-hydrogen) atoms. The number of halogens is 1. The Labute approximate surface area is 242 Å². The molecule has 0 aliphatic carbocycles. The van der Waals surface area contributed by atoms with Crippen LogP contribution in [0.3, 0.4) is 0 Å². The van der Waals surface area contributed by atoms with Crippen LogP contribution >= 0.6 is 19.4 Å². The van der Waals surface area contributed by atoms with E-state index in [2.05, 4.69) is 11.4 Å². The van der Waals surface area contributed by atoms with Gasteiger partial charge in [0.2, 0.25) is 0 Å². The van der Waals surface area contributed by atoms with Crippen LogP contribution in [0.2, 0.25) is 5.02 Å². The number of hydrogen-bond donors (Lipinski definition) is 1. The number of rotatable bonds is 26. The molecule has 1 rings (SSSR count). The van der Waals surface area contributed by atoms with Crippen LogP contribution in [0.1, 0.15) is 121 Å². The SMILES string of the molecule is CCCCCCCCCCCCCCCCCCOC[C@H](COP(=O)(O)OC)OCc1ccc(C#N)c(Cl)c1. The Balaban J connectivity index is 2.12. The Morgan fingerprint density at radius 3 is 1.92 bits per heavy atom. The summed E-state index contributed by atoms with van der Waals surface area (Å²) in [6.45, 7) is 3.15. The van der Waals surface area contributed by atoms with Gasteiger partial charge in [0.25, 0.3) is 0 Å². The van der Waals surface area contributed by atoms with Crippen molar-refractivity contribution in [1.82, 2.24) is 0 Å². The van der Waals surface area contributed by atoms with Crippen LogP contribution in [0.15, 0.2) is 18.2 Å². The van der Waals surface area contributed by atoms with Crippen molar-refractivity contribution in [2.45, 2.75) is 122 Å². The van der Waals surface area contributed by atoms with Crippen molar-refractivity contribution in [2.75, 3.05) is 26.9 Å². The summed E-state index contributed by atoms with van der Waals surface area (Å²) in [5, 5.41) is 9.37. The topological polar surface area (TPSA) is 98.0 Å². The quantitative estimate of drug-likeness (QED) is 0.0852. The highest BCUT2D eigenvalue weighted by Crippen LogP contribution is 2.42. The third-order valence-corrected chi connectivity index (χ3v) is 7.99. The minimum Gasteiger partial charge on any atom is -0.379 e. The van der Waals surface area contributed by atoms with Gasteiger partial charge in [-0.15, -0.1) is 0 Å². The molecule has 0 aliphatic heterocycles. The largest absolute Gasteiger partial charge is 0.472 e. The van der Waals surface area contributed by atoms with E-state index < -0.39 is 13.9 Å². The summed E-state index contributed by atoms with van der Waals surface area (Å²) in [5.74, 6) is 0. The molecule has 2 atom stereocenters. The summed E-state index contributed by atoms with van der Waals surface area (Å²) in [7, 11) is -3.00. The molecule has 1 aromatic rings. The molecule has 0 heterocycles. The number of phosphoric ester groups is 1. The fourth-order valence-electron chi connectivity index (χ4n) is 4.29. The smallest absolute Gasteiger partial charge is 0.379 e. The Kier molecular flexibility index (Phi) is 21.9. The van der Waals surface area contributed by atoms with E-state index in [0.717, 1.165) is 25.5 Å². The maximum Gasteiger partial charge on any atom is 0.472 e. The zero-order valence-corrected chi connectivity index (χ0v) is 25.9. The highest BCUT2D eigenvalue weighted by Gasteiger charge is 2.22. The molecule has 224 valence electrons. The second-order valence-corrected chi connectivity index (χ2v) is 12.2. The summed E-state index contributed by atoms with van der Waals surface area (Å²) in [5.41, 5.74) is 1.17. The van der Waals surface area contributed by atoms with Crippen LogP contribution in [-0.4, -0.2) is 37.9 Å². The molecule has 0 aromatic heterocycles. The molecule has 1 aromatic carbocycles. The number of hydrogen-bond acceptors (Lipinski definition) is 6. The van der Waals surface area contributed by atoms with E-state index in [1.807, 2.05) is 6.07 Å². The number of ether oxygens (including phenoxy) is 2. The number of nitriles is 1. The van der Waals surface area contributed by atoms with Gasteiger partial charge in [0, 0.05) is 13.7 Å². The second-order valence-electron chi connectivity index (χ2n) is 10.2. The van der Waals surface area contributed by atoms with E-state index in [1.165, 1.54) is 89.9 Å². The van der Waals surface area contributed by atoms with Gasteiger partial charge in [0.1, 0.15) is 12.2 Å². The van der Waals surface area contributed by atoms with Crippen LogP contribution in [0.4, 0.5) is 0 Å². The molecule has 0 bridgehead atoms. The van der Waals surface area contributed by atoms with Crippen molar-refractivity contribution in [1.29, 1.82) is 5.26 Å². The van der Waals surface area contributed by atoms with Gasteiger partial charge >= 0.3 is 7.82 Å². The highest BCUT2D eigenvalue weighted by molar-refractivity contribution is 7.47. The molecular weight excluding hydrogens is 537 g/mol. The first kappa shape index (κ1) is 36.1. The lowest BCUT2D eigenvalue weighted by atomic mass is 10.0. The molecule has 7 nitrogen and oxygen atoms in total. The molecule has 0 aliphatic rings. The second kappa shape index (κ2) is 23.7. The van der Waals surface area contributed by atoms with Crippen LogP contribution in [0, 0.1) is 11.3 Å². The predicted molar refractivity (Wildman–Crippen MR) is 158 cm³/mol. The average molecular weight is 588 g/mol.